The SMILES string of the molecule is O=COc1cc2c(Cc3ccccc3)[nH]nc2cc1O. The molecule has 5 heteroatoms. The van der Waals surface area contributed by atoms with Gasteiger partial charge in [-0.15, -0.1) is 0 Å². The Morgan fingerprint density at radius 2 is 2.05 bits per heavy atom. The standard InChI is InChI=1S/C15H12N2O3/c18-9-20-15-7-11-12(6-10-4-2-1-3-5-10)16-17-13(11)8-14(15)19/h1-5,7-9,19H,6H2,(H,16,17). The van der Waals surface area contributed by atoms with Crippen molar-refractivity contribution in [2.24, 2.45) is 0 Å². The number of benzene rings is 2. The maximum absolute atomic E-state index is 10.4. The van der Waals surface area contributed by atoms with Crippen LogP contribution in [0.1, 0.15) is 11.3 Å². The second-order valence-corrected chi connectivity index (χ2v) is 4.42. The number of nitrogens with one attached hydrogen (secondary N) is 1. The molecule has 0 saturated carbocycles. The summed E-state index contributed by atoms with van der Waals surface area (Å²) in [7, 11) is 0. The minimum absolute atomic E-state index is 0.109. The number of rotatable bonds is 4. The third-order valence-corrected chi connectivity index (χ3v) is 3.11. The first-order chi connectivity index (χ1) is 9.78. The van der Waals surface area contributed by atoms with Crippen molar-refractivity contribution in [1.82, 2.24) is 10.2 Å². The number of aromatic hydroxyl groups is 1. The van der Waals surface area contributed by atoms with Crippen molar-refractivity contribution in [3.8, 4) is 11.5 Å². The van der Waals surface area contributed by atoms with Crippen LogP contribution in [0.4, 0.5) is 0 Å². The van der Waals surface area contributed by atoms with E-state index in [2.05, 4.69) is 10.2 Å². The second-order valence-electron chi connectivity index (χ2n) is 4.42. The number of H-pyrrole nitrogens is 1. The normalized spacial score (nSPS) is 10.6. The summed E-state index contributed by atoms with van der Waals surface area (Å²) in [5.74, 6) is 0.0190. The first kappa shape index (κ1) is 12.2. The van der Waals surface area contributed by atoms with Gasteiger partial charge in [0.2, 0.25) is 0 Å². The summed E-state index contributed by atoms with van der Waals surface area (Å²) >= 11 is 0. The number of nitrogens with zero attached hydrogens (tertiary/aromatic N) is 1. The summed E-state index contributed by atoms with van der Waals surface area (Å²) in [5, 5.41) is 17.6. The van der Waals surface area contributed by atoms with E-state index in [0.717, 1.165) is 16.6 Å². The zero-order valence-corrected chi connectivity index (χ0v) is 10.5. The zero-order valence-electron chi connectivity index (χ0n) is 10.5. The number of phenols is 1. The van der Waals surface area contributed by atoms with Gasteiger partial charge < -0.3 is 9.84 Å². The number of ether oxygens (including phenoxy) is 1. The predicted molar refractivity (Wildman–Crippen MR) is 73.7 cm³/mol. The van der Waals surface area contributed by atoms with Gasteiger partial charge in [0.05, 0.1) is 5.52 Å². The fourth-order valence-electron chi connectivity index (χ4n) is 2.16. The van der Waals surface area contributed by atoms with Gasteiger partial charge in [-0.2, -0.15) is 5.10 Å². The zero-order chi connectivity index (χ0) is 13.9. The molecule has 0 unspecified atom stereocenters. The molecule has 0 amide bonds. The van der Waals surface area contributed by atoms with Crippen molar-refractivity contribution in [3.05, 3.63) is 53.7 Å². The summed E-state index contributed by atoms with van der Waals surface area (Å²) in [6.45, 7) is 0.290. The van der Waals surface area contributed by atoms with Crippen LogP contribution in [0.3, 0.4) is 0 Å². The quantitative estimate of drug-likeness (QED) is 0.712. The molecule has 1 heterocycles. The number of carbonyl (C=O) groups excluding carboxylic acids is 1. The largest absolute Gasteiger partial charge is 0.504 e. The van der Waals surface area contributed by atoms with Gasteiger partial charge in [-0.05, 0) is 11.6 Å². The summed E-state index contributed by atoms with van der Waals surface area (Å²) in [6, 6.07) is 13.0. The van der Waals surface area contributed by atoms with E-state index in [1.165, 1.54) is 6.07 Å². The maximum Gasteiger partial charge on any atom is 0.298 e. The van der Waals surface area contributed by atoms with Crippen LogP contribution in [0.25, 0.3) is 10.9 Å². The molecule has 0 bridgehead atoms. The summed E-state index contributed by atoms with van der Waals surface area (Å²) < 4.78 is 4.75. The van der Waals surface area contributed by atoms with Crippen molar-refractivity contribution in [2.75, 3.05) is 0 Å². The van der Waals surface area contributed by atoms with Crippen LogP contribution in [0.2, 0.25) is 0 Å². The number of aromatic amines is 1. The highest BCUT2D eigenvalue weighted by Crippen LogP contribution is 2.32. The van der Waals surface area contributed by atoms with E-state index < -0.39 is 0 Å². The lowest BCUT2D eigenvalue weighted by Gasteiger charge is -2.03. The highest BCUT2D eigenvalue weighted by molar-refractivity contribution is 5.85. The number of hydrogen-bond donors (Lipinski definition) is 2. The Balaban J connectivity index is 2.03. The third kappa shape index (κ3) is 2.21. The van der Waals surface area contributed by atoms with Crippen molar-refractivity contribution < 1.29 is 14.6 Å². The molecule has 3 rings (SSSR count). The molecular formula is C15H12N2O3. The number of aromatic nitrogens is 2. The molecule has 0 aliphatic carbocycles. The van der Waals surface area contributed by atoms with Crippen molar-refractivity contribution >= 4 is 17.4 Å². The van der Waals surface area contributed by atoms with Gasteiger partial charge in [0.15, 0.2) is 11.5 Å². The van der Waals surface area contributed by atoms with Gasteiger partial charge in [0, 0.05) is 23.6 Å². The van der Waals surface area contributed by atoms with Gasteiger partial charge in [0.25, 0.3) is 6.47 Å². The molecule has 2 N–H and O–H groups in total. The number of phenolic OH excluding ortho intramolecular Hbond substituents is 1. The molecule has 0 fully saturated rings. The average Bonchev–Trinajstić information content (AvgIpc) is 2.83. The Labute approximate surface area is 114 Å². The molecule has 3 aromatic rings. The van der Waals surface area contributed by atoms with Crippen LogP contribution in [-0.4, -0.2) is 21.8 Å². The number of fused-ring (bicyclic) bond motifs is 1. The predicted octanol–water partition coefficient (Wildman–Crippen LogP) is 2.39. The molecule has 5 nitrogen and oxygen atoms in total. The Morgan fingerprint density at radius 1 is 1.25 bits per heavy atom. The molecule has 2 aromatic carbocycles. The lowest BCUT2D eigenvalue weighted by Crippen LogP contribution is -1.91. The molecule has 1 aromatic heterocycles. The van der Waals surface area contributed by atoms with E-state index in [1.807, 2.05) is 30.3 Å². The highest BCUT2D eigenvalue weighted by Gasteiger charge is 2.11. The molecule has 0 aliphatic rings. The average molecular weight is 268 g/mol. The topological polar surface area (TPSA) is 75.2 Å². The van der Waals surface area contributed by atoms with Crippen LogP contribution < -0.4 is 4.74 Å². The number of carbonyl (C=O) groups is 1. The third-order valence-electron chi connectivity index (χ3n) is 3.11. The summed E-state index contributed by atoms with van der Waals surface area (Å²) in [4.78, 5) is 10.4. The van der Waals surface area contributed by atoms with Crippen LogP contribution in [0.5, 0.6) is 11.5 Å². The lowest BCUT2D eigenvalue weighted by atomic mass is 10.1. The van der Waals surface area contributed by atoms with Crippen LogP contribution >= 0.6 is 0 Å². The van der Waals surface area contributed by atoms with Gasteiger partial charge >= 0.3 is 0 Å². The van der Waals surface area contributed by atoms with E-state index in [9.17, 15) is 9.90 Å². The van der Waals surface area contributed by atoms with Crippen LogP contribution in [-0.2, 0) is 11.2 Å². The Bertz CT molecular complexity index is 750. The van der Waals surface area contributed by atoms with E-state index in [4.69, 9.17) is 4.74 Å². The molecule has 20 heavy (non-hydrogen) atoms. The smallest absolute Gasteiger partial charge is 0.298 e. The Morgan fingerprint density at radius 3 is 2.80 bits per heavy atom. The van der Waals surface area contributed by atoms with E-state index >= 15 is 0 Å². The van der Waals surface area contributed by atoms with Crippen LogP contribution in [0, 0.1) is 0 Å². The fourth-order valence-corrected chi connectivity index (χ4v) is 2.16. The van der Waals surface area contributed by atoms with E-state index in [1.54, 1.807) is 6.07 Å². The molecule has 0 saturated heterocycles. The van der Waals surface area contributed by atoms with E-state index in [0.29, 0.717) is 11.9 Å². The molecule has 0 spiro atoms. The maximum atomic E-state index is 10.4. The summed E-state index contributed by atoms with van der Waals surface area (Å²) in [5.41, 5.74) is 2.68. The highest BCUT2D eigenvalue weighted by atomic mass is 16.5. The van der Waals surface area contributed by atoms with Crippen molar-refractivity contribution in [2.45, 2.75) is 6.42 Å². The molecular weight excluding hydrogens is 256 g/mol. The Hall–Kier alpha value is -2.82. The van der Waals surface area contributed by atoms with Crippen molar-refractivity contribution in [1.29, 1.82) is 0 Å². The lowest BCUT2D eigenvalue weighted by molar-refractivity contribution is -0.120. The molecule has 0 atom stereocenters. The monoisotopic (exact) mass is 268 g/mol. The van der Waals surface area contributed by atoms with E-state index in [-0.39, 0.29) is 18.0 Å². The molecule has 0 aliphatic heterocycles. The van der Waals surface area contributed by atoms with Gasteiger partial charge in [-0.1, -0.05) is 30.3 Å². The first-order valence-electron chi connectivity index (χ1n) is 6.12. The molecule has 0 radical (unpaired) electrons. The second kappa shape index (κ2) is 5.05. The van der Waals surface area contributed by atoms with Gasteiger partial charge in [-0.25, -0.2) is 0 Å². The fraction of sp³-hybridized carbons (Fsp3) is 0.0667. The summed E-state index contributed by atoms with van der Waals surface area (Å²) in [6.07, 6.45) is 0.683. The minimum Gasteiger partial charge on any atom is -0.504 e. The van der Waals surface area contributed by atoms with Crippen molar-refractivity contribution in [3.63, 3.8) is 0 Å². The first-order valence-corrected chi connectivity index (χ1v) is 6.12. The molecule has 100 valence electrons. The minimum atomic E-state index is -0.109. The van der Waals surface area contributed by atoms with Crippen LogP contribution in [0.15, 0.2) is 42.5 Å². The van der Waals surface area contributed by atoms with Gasteiger partial charge in [0.1, 0.15) is 0 Å². The van der Waals surface area contributed by atoms with Gasteiger partial charge in [-0.3, -0.25) is 9.89 Å². The number of hydrogen-bond acceptors (Lipinski definition) is 4. The Kier molecular flexibility index (Phi) is 3.09.